The predicted molar refractivity (Wildman–Crippen MR) is 93.0 cm³/mol. The third-order valence-corrected chi connectivity index (χ3v) is 3.79. The van der Waals surface area contributed by atoms with Crippen molar-refractivity contribution < 1.29 is 4.79 Å². The van der Waals surface area contributed by atoms with E-state index in [4.69, 9.17) is 0 Å². The van der Waals surface area contributed by atoms with Crippen molar-refractivity contribution in [1.29, 1.82) is 0 Å². The summed E-state index contributed by atoms with van der Waals surface area (Å²) < 4.78 is 2.07. The van der Waals surface area contributed by atoms with Crippen molar-refractivity contribution >= 4 is 29.3 Å². The molecule has 1 aromatic carbocycles. The summed E-state index contributed by atoms with van der Waals surface area (Å²) in [6.07, 6.45) is 4.00. The van der Waals surface area contributed by atoms with Crippen molar-refractivity contribution in [1.82, 2.24) is 19.9 Å². The van der Waals surface area contributed by atoms with Crippen LogP contribution in [0.25, 0.3) is 11.0 Å². The van der Waals surface area contributed by atoms with Crippen LogP contribution in [0.1, 0.15) is 21.7 Å². The van der Waals surface area contributed by atoms with Crippen LogP contribution >= 0.6 is 12.4 Å². The molecule has 0 bridgehead atoms. The largest absolute Gasteiger partial charge is 0.352 e. The van der Waals surface area contributed by atoms with Gasteiger partial charge in [0.1, 0.15) is 5.82 Å². The summed E-state index contributed by atoms with van der Waals surface area (Å²) in [6, 6.07) is 9.75. The number of amides is 1. The van der Waals surface area contributed by atoms with Gasteiger partial charge in [0.05, 0.1) is 16.6 Å². The van der Waals surface area contributed by atoms with E-state index in [1.807, 2.05) is 14.0 Å². The number of nitrogens with one attached hydrogen (secondary N) is 1. The normalized spacial score (nSPS) is 10.3. The maximum absolute atomic E-state index is 11.9. The zero-order valence-corrected chi connectivity index (χ0v) is 13.9. The van der Waals surface area contributed by atoms with Gasteiger partial charge in [0.15, 0.2) is 0 Å². The van der Waals surface area contributed by atoms with Crippen LogP contribution in [0.15, 0.2) is 42.7 Å². The Labute approximate surface area is 141 Å². The Morgan fingerprint density at radius 2 is 2.13 bits per heavy atom. The van der Waals surface area contributed by atoms with Crippen LogP contribution in [0.4, 0.5) is 0 Å². The van der Waals surface area contributed by atoms with Crippen LogP contribution in [0.3, 0.4) is 0 Å². The molecule has 1 amide bonds. The molecule has 5 nitrogen and oxygen atoms in total. The second-order valence-electron chi connectivity index (χ2n) is 5.29. The maximum Gasteiger partial charge on any atom is 0.252 e. The Morgan fingerprint density at radius 1 is 1.30 bits per heavy atom. The van der Waals surface area contributed by atoms with Gasteiger partial charge in [-0.05, 0) is 43.2 Å². The molecular formula is C17H19ClN4O. The van der Waals surface area contributed by atoms with Gasteiger partial charge in [-0.15, -0.1) is 12.4 Å². The minimum absolute atomic E-state index is 0. The van der Waals surface area contributed by atoms with Gasteiger partial charge in [-0.1, -0.05) is 6.07 Å². The summed E-state index contributed by atoms with van der Waals surface area (Å²) >= 11 is 0. The number of benzene rings is 1. The first-order valence-electron chi connectivity index (χ1n) is 7.25. The average molecular weight is 331 g/mol. The number of carbonyl (C=O) groups is 1. The maximum atomic E-state index is 11.9. The number of imidazole rings is 1. The van der Waals surface area contributed by atoms with Crippen molar-refractivity contribution in [3.63, 3.8) is 0 Å². The van der Waals surface area contributed by atoms with Crippen LogP contribution in [0.2, 0.25) is 0 Å². The highest BCUT2D eigenvalue weighted by atomic mass is 35.5. The fourth-order valence-corrected chi connectivity index (χ4v) is 2.44. The highest BCUT2D eigenvalue weighted by molar-refractivity contribution is 5.93. The van der Waals surface area contributed by atoms with E-state index in [0.717, 1.165) is 28.8 Å². The Morgan fingerprint density at radius 3 is 2.87 bits per heavy atom. The predicted octanol–water partition coefficient (Wildman–Crippen LogP) is 2.67. The minimum atomic E-state index is -0.0946. The van der Waals surface area contributed by atoms with Crippen molar-refractivity contribution in [3.8, 4) is 0 Å². The number of rotatable bonds is 4. The molecule has 6 heteroatoms. The summed E-state index contributed by atoms with van der Waals surface area (Å²) in [7, 11) is 2.01. The molecule has 3 rings (SSSR count). The van der Waals surface area contributed by atoms with Gasteiger partial charge in [0, 0.05) is 26.0 Å². The number of pyridine rings is 1. The summed E-state index contributed by atoms with van der Waals surface area (Å²) in [5.41, 5.74) is 3.87. The molecule has 0 aliphatic carbocycles. The zero-order valence-electron chi connectivity index (χ0n) is 13.1. The van der Waals surface area contributed by atoms with Crippen LogP contribution in [0.5, 0.6) is 0 Å². The van der Waals surface area contributed by atoms with Gasteiger partial charge < -0.3 is 9.88 Å². The molecule has 0 atom stereocenters. The van der Waals surface area contributed by atoms with E-state index >= 15 is 0 Å². The first-order valence-corrected chi connectivity index (χ1v) is 7.25. The highest BCUT2D eigenvalue weighted by Gasteiger charge is 2.06. The highest BCUT2D eigenvalue weighted by Crippen LogP contribution is 2.16. The molecule has 3 aromatic rings. The molecular weight excluding hydrogens is 312 g/mol. The average Bonchev–Trinajstić information content (AvgIpc) is 2.82. The third kappa shape index (κ3) is 3.68. The molecule has 0 saturated heterocycles. The van der Waals surface area contributed by atoms with Crippen LogP contribution in [-0.2, 0) is 13.5 Å². The molecule has 1 N–H and O–H groups in total. The van der Waals surface area contributed by atoms with Crippen molar-refractivity contribution in [2.45, 2.75) is 13.3 Å². The van der Waals surface area contributed by atoms with E-state index in [-0.39, 0.29) is 18.3 Å². The van der Waals surface area contributed by atoms with Crippen LogP contribution in [0, 0.1) is 6.92 Å². The number of fused-ring (bicyclic) bond motifs is 1. The first-order chi connectivity index (χ1) is 10.6. The molecule has 2 aromatic heterocycles. The molecule has 23 heavy (non-hydrogen) atoms. The third-order valence-electron chi connectivity index (χ3n) is 3.79. The number of aromatic nitrogens is 3. The molecule has 0 fully saturated rings. The van der Waals surface area contributed by atoms with Crippen molar-refractivity contribution in [2.24, 2.45) is 7.05 Å². The molecule has 0 aliphatic rings. The monoisotopic (exact) mass is 330 g/mol. The van der Waals surface area contributed by atoms with Crippen molar-refractivity contribution in [3.05, 3.63) is 59.7 Å². The molecule has 0 unspecified atom stereocenters. The second kappa shape index (κ2) is 7.24. The number of nitrogens with zero attached hydrogens (tertiary/aromatic N) is 3. The Balaban J connectivity index is 0.00000192. The summed E-state index contributed by atoms with van der Waals surface area (Å²) in [5, 5.41) is 2.91. The van der Waals surface area contributed by atoms with E-state index < -0.39 is 0 Å². The quantitative estimate of drug-likeness (QED) is 0.800. The Hall–Kier alpha value is -2.40. The first kappa shape index (κ1) is 17.0. The van der Waals surface area contributed by atoms with Crippen LogP contribution in [-0.4, -0.2) is 27.0 Å². The lowest BCUT2D eigenvalue weighted by Crippen LogP contribution is -2.25. The molecule has 0 radical (unpaired) electrons. The standard InChI is InChI=1S/C17H18N4O.ClH/c1-12-20-15-10-13(5-6-16(15)21(12)2)7-9-19-17(22)14-4-3-8-18-11-14;/h3-6,8,10-11H,7,9H2,1-2H3,(H,19,22);1H. The topological polar surface area (TPSA) is 59.8 Å². The van der Waals surface area contributed by atoms with Gasteiger partial charge in [0.25, 0.3) is 5.91 Å². The van der Waals surface area contributed by atoms with Gasteiger partial charge in [-0.25, -0.2) is 4.98 Å². The summed E-state index contributed by atoms with van der Waals surface area (Å²) in [4.78, 5) is 20.4. The van der Waals surface area contributed by atoms with E-state index in [1.54, 1.807) is 24.5 Å². The molecule has 0 aliphatic heterocycles. The molecule has 0 saturated carbocycles. The zero-order chi connectivity index (χ0) is 15.5. The van der Waals surface area contributed by atoms with Crippen molar-refractivity contribution in [2.75, 3.05) is 6.54 Å². The lowest BCUT2D eigenvalue weighted by atomic mass is 10.1. The SMILES string of the molecule is Cc1nc2cc(CCNC(=O)c3cccnc3)ccc2n1C.Cl. The Kier molecular flexibility index (Phi) is 5.34. The molecule has 0 spiro atoms. The van der Waals surface area contributed by atoms with Gasteiger partial charge in [-0.3, -0.25) is 9.78 Å². The summed E-state index contributed by atoms with van der Waals surface area (Å²) in [5.74, 6) is 0.903. The second-order valence-corrected chi connectivity index (χ2v) is 5.29. The number of hydrogen-bond acceptors (Lipinski definition) is 3. The van der Waals surface area contributed by atoms with Gasteiger partial charge >= 0.3 is 0 Å². The van der Waals surface area contributed by atoms with E-state index in [2.05, 4.69) is 38.1 Å². The van der Waals surface area contributed by atoms with E-state index in [0.29, 0.717) is 12.1 Å². The van der Waals surface area contributed by atoms with E-state index in [9.17, 15) is 4.79 Å². The number of aryl methyl sites for hydroxylation is 2. The Bertz CT molecular complexity index is 814. The minimum Gasteiger partial charge on any atom is -0.352 e. The summed E-state index contributed by atoms with van der Waals surface area (Å²) in [6.45, 7) is 2.58. The number of hydrogen-bond donors (Lipinski definition) is 1. The van der Waals surface area contributed by atoms with Gasteiger partial charge in [-0.2, -0.15) is 0 Å². The lowest BCUT2D eigenvalue weighted by molar-refractivity contribution is 0.0954. The smallest absolute Gasteiger partial charge is 0.252 e. The van der Waals surface area contributed by atoms with Gasteiger partial charge in [0.2, 0.25) is 0 Å². The lowest BCUT2D eigenvalue weighted by Gasteiger charge is -2.05. The number of carbonyl (C=O) groups excluding carboxylic acids is 1. The fourth-order valence-electron chi connectivity index (χ4n) is 2.44. The van der Waals surface area contributed by atoms with E-state index in [1.165, 1.54) is 0 Å². The molecule has 2 heterocycles. The van der Waals surface area contributed by atoms with Crippen LogP contribution < -0.4 is 5.32 Å². The molecule has 120 valence electrons. The fraction of sp³-hybridized carbons (Fsp3) is 0.235. The number of halogens is 1.